The van der Waals surface area contributed by atoms with Gasteiger partial charge in [-0.2, -0.15) is 0 Å². The summed E-state index contributed by atoms with van der Waals surface area (Å²) in [6.07, 6.45) is 0. The summed E-state index contributed by atoms with van der Waals surface area (Å²) in [7, 11) is 0. The zero-order valence-corrected chi connectivity index (χ0v) is 10.8. The molecule has 1 aromatic heterocycles. The first-order valence-electron chi connectivity index (χ1n) is 5.84. The average Bonchev–Trinajstić information content (AvgIpc) is 2.98. The molecule has 2 nitrogen and oxygen atoms in total. The first kappa shape index (κ1) is 11.4. The lowest BCUT2D eigenvalue weighted by Crippen LogP contribution is -2.26. The predicted molar refractivity (Wildman–Crippen MR) is 71.5 cm³/mol. The molecule has 4 heteroatoms. The van der Waals surface area contributed by atoms with Crippen molar-refractivity contribution in [2.24, 2.45) is 0 Å². The molecule has 1 aromatic carbocycles. The summed E-state index contributed by atoms with van der Waals surface area (Å²) in [6.45, 7) is 2.77. The molecule has 0 saturated carbocycles. The fourth-order valence-electron chi connectivity index (χ4n) is 2.34. The Balaban J connectivity index is 1.93. The molecule has 1 unspecified atom stereocenters. The van der Waals surface area contributed by atoms with E-state index in [4.69, 9.17) is 5.41 Å². The van der Waals surface area contributed by atoms with Gasteiger partial charge in [-0.25, -0.2) is 4.39 Å². The van der Waals surface area contributed by atoms with Crippen LogP contribution in [-0.4, -0.2) is 10.7 Å². The van der Waals surface area contributed by atoms with E-state index in [1.165, 1.54) is 17.0 Å². The van der Waals surface area contributed by atoms with Crippen molar-refractivity contribution >= 4 is 17.2 Å². The molecule has 0 fully saturated rings. The Morgan fingerprint density at radius 1 is 1.39 bits per heavy atom. The summed E-state index contributed by atoms with van der Waals surface area (Å²) in [4.78, 5) is 3.24. The standard InChI is InChI=1S/C14H13FN2S/c1-9(13-3-2-6-18-13)17-8-10-4-5-11(15)7-12(10)14(17)16/h2-7,9,16H,8H2,1H3. The van der Waals surface area contributed by atoms with Gasteiger partial charge in [0.2, 0.25) is 0 Å². The van der Waals surface area contributed by atoms with Crippen molar-refractivity contribution in [3.8, 4) is 0 Å². The molecule has 2 aromatic rings. The molecule has 0 amide bonds. The topological polar surface area (TPSA) is 27.1 Å². The average molecular weight is 260 g/mol. The van der Waals surface area contributed by atoms with Gasteiger partial charge in [0, 0.05) is 17.0 Å². The second-order valence-corrected chi connectivity index (χ2v) is 5.45. The largest absolute Gasteiger partial charge is 0.345 e. The Hall–Kier alpha value is -1.68. The lowest BCUT2D eigenvalue weighted by Gasteiger charge is -2.25. The molecule has 0 spiro atoms. The molecular weight excluding hydrogens is 247 g/mol. The third-order valence-corrected chi connectivity index (χ3v) is 4.42. The molecule has 3 rings (SSSR count). The van der Waals surface area contributed by atoms with Gasteiger partial charge in [0.25, 0.3) is 0 Å². The van der Waals surface area contributed by atoms with E-state index in [0.717, 1.165) is 11.1 Å². The number of hydrogen-bond acceptors (Lipinski definition) is 2. The number of halogens is 1. The van der Waals surface area contributed by atoms with Crippen molar-refractivity contribution in [3.05, 3.63) is 57.5 Å². The molecule has 0 bridgehead atoms. The maximum absolute atomic E-state index is 13.2. The number of nitrogens with one attached hydrogen (secondary N) is 1. The molecule has 0 aliphatic carbocycles. The van der Waals surface area contributed by atoms with Crippen LogP contribution in [0.25, 0.3) is 0 Å². The van der Waals surface area contributed by atoms with Gasteiger partial charge in [0.15, 0.2) is 0 Å². The lowest BCUT2D eigenvalue weighted by atomic mass is 10.1. The molecule has 18 heavy (non-hydrogen) atoms. The highest BCUT2D eigenvalue weighted by Crippen LogP contribution is 2.33. The molecule has 1 aliphatic rings. The van der Waals surface area contributed by atoms with E-state index < -0.39 is 0 Å². The van der Waals surface area contributed by atoms with Crippen molar-refractivity contribution < 1.29 is 4.39 Å². The van der Waals surface area contributed by atoms with E-state index in [1.54, 1.807) is 17.4 Å². The van der Waals surface area contributed by atoms with E-state index in [0.29, 0.717) is 12.4 Å². The zero-order chi connectivity index (χ0) is 12.7. The number of thiophene rings is 1. The normalized spacial score (nSPS) is 15.9. The predicted octanol–water partition coefficient (Wildman–Crippen LogP) is 3.79. The van der Waals surface area contributed by atoms with Gasteiger partial charge in [-0.15, -0.1) is 11.3 Å². The molecule has 2 heterocycles. The Bertz CT molecular complexity index is 592. The van der Waals surface area contributed by atoms with E-state index in [-0.39, 0.29) is 11.9 Å². The molecule has 0 radical (unpaired) electrons. The molecule has 1 aliphatic heterocycles. The summed E-state index contributed by atoms with van der Waals surface area (Å²) in [5.74, 6) is 0.148. The van der Waals surface area contributed by atoms with Crippen LogP contribution in [0.1, 0.15) is 29.0 Å². The molecule has 92 valence electrons. The first-order chi connectivity index (χ1) is 8.66. The van der Waals surface area contributed by atoms with Crippen molar-refractivity contribution in [3.63, 3.8) is 0 Å². The van der Waals surface area contributed by atoms with Gasteiger partial charge >= 0.3 is 0 Å². The number of hydrogen-bond donors (Lipinski definition) is 1. The Morgan fingerprint density at radius 2 is 2.22 bits per heavy atom. The third kappa shape index (κ3) is 1.73. The van der Waals surface area contributed by atoms with Gasteiger partial charge in [-0.3, -0.25) is 5.41 Å². The van der Waals surface area contributed by atoms with Crippen molar-refractivity contribution in [1.82, 2.24) is 4.90 Å². The lowest BCUT2D eigenvalue weighted by molar-refractivity contribution is 0.346. The number of nitrogens with zero attached hydrogens (tertiary/aromatic N) is 1. The fraction of sp³-hybridized carbons (Fsp3) is 0.214. The quantitative estimate of drug-likeness (QED) is 0.874. The van der Waals surface area contributed by atoms with E-state index >= 15 is 0 Å². The summed E-state index contributed by atoms with van der Waals surface area (Å²) < 4.78 is 13.2. The summed E-state index contributed by atoms with van der Waals surface area (Å²) in [5.41, 5.74) is 1.75. The summed E-state index contributed by atoms with van der Waals surface area (Å²) >= 11 is 1.69. The Labute approximate surface area is 109 Å². The van der Waals surface area contributed by atoms with Gasteiger partial charge in [-0.05, 0) is 36.1 Å². The van der Waals surface area contributed by atoms with Crippen LogP contribution in [0.2, 0.25) is 0 Å². The van der Waals surface area contributed by atoms with E-state index in [9.17, 15) is 4.39 Å². The van der Waals surface area contributed by atoms with E-state index in [1.807, 2.05) is 16.3 Å². The van der Waals surface area contributed by atoms with Crippen LogP contribution in [-0.2, 0) is 6.54 Å². The van der Waals surface area contributed by atoms with Crippen LogP contribution in [0, 0.1) is 11.2 Å². The Morgan fingerprint density at radius 3 is 2.94 bits per heavy atom. The second-order valence-electron chi connectivity index (χ2n) is 4.47. The highest BCUT2D eigenvalue weighted by Gasteiger charge is 2.29. The smallest absolute Gasteiger partial charge is 0.129 e. The minimum Gasteiger partial charge on any atom is -0.345 e. The van der Waals surface area contributed by atoms with Gasteiger partial charge in [-0.1, -0.05) is 12.1 Å². The van der Waals surface area contributed by atoms with Gasteiger partial charge in [0.1, 0.15) is 11.7 Å². The van der Waals surface area contributed by atoms with Gasteiger partial charge in [0.05, 0.1) is 6.04 Å². The first-order valence-corrected chi connectivity index (χ1v) is 6.72. The Kier molecular flexibility index (Phi) is 2.67. The molecule has 0 saturated heterocycles. The maximum Gasteiger partial charge on any atom is 0.129 e. The highest BCUT2D eigenvalue weighted by molar-refractivity contribution is 7.10. The van der Waals surface area contributed by atoms with Crippen LogP contribution < -0.4 is 0 Å². The number of benzene rings is 1. The minimum atomic E-state index is -0.274. The van der Waals surface area contributed by atoms with Crippen molar-refractivity contribution in [2.75, 3.05) is 0 Å². The monoisotopic (exact) mass is 260 g/mol. The number of amidine groups is 1. The van der Waals surface area contributed by atoms with Crippen molar-refractivity contribution in [2.45, 2.75) is 19.5 Å². The van der Waals surface area contributed by atoms with Crippen LogP contribution in [0.15, 0.2) is 35.7 Å². The SMILES string of the molecule is CC(c1cccs1)N1Cc2ccc(F)cc2C1=N. The van der Waals surface area contributed by atoms with E-state index in [2.05, 4.69) is 13.0 Å². The van der Waals surface area contributed by atoms with Gasteiger partial charge < -0.3 is 4.90 Å². The van der Waals surface area contributed by atoms with Crippen LogP contribution >= 0.6 is 11.3 Å². The van der Waals surface area contributed by atoms with Crippen LogP contribution in [0.4, 0.5) is 4.39 Å². The molecular formula is C14H13FN2S. The summed E-state index contributed by atoms with van der Waals surface area (Å²) in [6, 6.07) is 8.95. The summed E-state index contributed by atoms with van der Waals surface area (Å²) in [5, 5.41) is 10.2. The minimum absolute atomic E-state index is 0.160. The molecule has 1 N–H and O–H groups in total. The molecule has 1 atom stereocenters. The number of fused-ring (bicyclic) bond motifs is 1. The van der Waals surface area contributed by atoms with Crippen LogP contribution in [0.3, 0.4) is 0 Å². The fourth-order valence-corrected chi connectivity index (χ4v) is 3.13. The zero-order valence-electron chi connectivity index (χ0n) is 9.98. The third-order valence-electron chi connectivity index (χ3n) is 3.38. The second kappa shape index (κ2) is 4.21. The maximum atomic E-state index is 13.2. The van der Waals surface area contributed by atoms with Crippen molar-refractivity contribution in [1.29, 1.82) is 5.41 Å². The highest BCUT2D eigenvalue weighted by atomic mass is 32.1. The van der Waals surface area contributed by atoms with Crippen LogP contribution in [0.5, 0.6) is 0 Å². The number of rotatable bonds is 2.